The molecule has 0 aromatic carbocycles. The number of nitrogens with zero attached hydrogens (tertiary/aromatic N) is 1. The first-order valence-corrected chi connectivity index (χ1v) is 7.39. The van der Waals surface area contributed by atoms with Gasteiger partial charge in [0.15, 0.2) is 0 Å². The highest BCUT2D eigenvalue weighted by molar-refractivity contribution is 5.79. The van der Waals surface area contributed by atoms with Gasteiger partial charge in [-0.1, -0.05) is 6.92 Å². The lowest BCUT2D eigenvalue weighted by atomic mass is 9.78. The van der Waals surface area contributed by atoms with Crippen molar-refractivity contribution < 1.29 is 9.53 Å². The van der Waals surface area contributed by atoms with Gasteiger partial charge in [-0.05, 0) is 32.2 Å². The molecule has 0 aromatic heterocycles. The van der Waals surface area contributed by atoms with E-state index in [-0.39, 0.29) is 24.0 Å². The van der Waals surface area contributed by atoms with Gasteiger partial charge in [0.05, 0.1) is 12.7 Å². The summed E-state index contributed by atoms with van der Waals surface area (Å²) in [7, 11) is 2.09. The summed E-state index contributed by atoms with van der Waals surface area (Å²) in [6.07, 6.45) is 2.97. The van der Waals surface area contributed by atoms with E-state index in [9.17, 15) is 4.79 Å². The van der Waals surface area contributed by atoms with E-state index in [1.807, 2.05) is 0 Å². The second-order valence-corrected chi connectivity index (χ2v) is 6.16. The lowest BCUT2D eigenvalue weighted by Gasteiger charge is -2.33. The average molecular weight is 269 g/mol. The number of nitrogens with two attached hydrogens (primary N) is 1. The minimum Gasteiger partial charge on any atom is -0.374 e. The number of amides is 1. The van der Waals surface area contributed by atoms with Gasteiger partial charge in [-0.25, -0.2) is 0 Å². The highest BCUT2D eigenvalue weighted by Crippen LogP contribution is 2.29. The fourth-order valence-corrected chi connectivity index (χ4v) is 3.16. The van der Waals surface area contributed by atoms with E-state index in [0.717, 1.165) is 39.0 Å². The quantitative estimate of drug-likeness (QED) is 0.768. The molecular weight excluding hydrogens is 242 g/mol. The first-order chi connectivity index (χ1) is 9.06. The average Bonchev–Trinajstić information content (AvgIpc) is 2.36. The number of likely N-dealkylation sites (N-methyl/N-ethyl adjacent to an activating group) is 1. The number of morpholine rings is 1. The van der Waals surface area contributed by atoms with Crippen LogP contribution in [-0.4, -0.2) is 56.2 Å². The largest absolute Gasteiger partial charge is 0.374 e. The maximum absolute atomic E-state index is 12.2. The van der Waals surface area contributed by atoms with Gasteiger partial charge in [0.25, 0.3) is 0 Å². The molecule has 0 spiro atoms. The molecule has 1 amide bonds. The molecule has 5 nitrogen and oxygen atoms in total. The van der Waals surface area contributed by atoms with E-state index >= 15 is 0 Å². The normalized spacial score (nSPS) is 37.0. The van der Waals surface area contributed by atoms with Crippen molar-refractivity contribution >= 4 is 5.91 Å². The Kier molecular flexibility index (Phi) is 5.19. The van der Waals surface area contributed by atoms with E-state index < -0.39 is 0 Å². The first kappa shape index (κ1) is 14.8. The second kappa shape index (κ2) is 6.68. The van der Waals surface area contributed by atoms with Crippen LogP contribution in [0.15, 0.2) is 0 Å². The first-order valence-electron chi connectivity index (χ1n) is 7.39. The zero-order valence-corrected chi connectivity index (χ0v) is 12.1. The molecule has 0 bridgehead atoms. The molecule has 2 rings (SSSR count). The summed E-state index contributed by atoms with van der Waals surface area (Å²) < 4.78 is 5.65. The van der Waals surface area contributed by atoms with Gasteiger partial charge >= 0.3 is 0 Å². The van der Waals surface area contributed by atoms with Crippen molar-refractivity contribution in [3.63, 3.8) is 0 Å². The highest BCUT2D eigenvalue weighted by Gasteiger charge is 2.31. The zero-order valence-electron chi connectivity index (χ0n) is 12.1. The molecule has 19 heavy (non-hydrogen) atoms. The Hall–Kier alpha value is -0.650. The monoisotopic (exact) mass is 269 g/mol. The Balaban J connectivity index is 1.74. The van der Waals surface area contributed by atoms with Crippen LogP contribution >= 0.6 is 0 Å². The summed E-state index contributed by atoms with van der Waals surface area (Å²) in [6, 6.07) is 0.273. The summed E-state index contributed by atoms with van der Waals surface area (Å²) >= 11 is 0. The SMILES string of the molecule is CC1CC(N)CCC1C(=O)NCC1CN(C)CCO1. The lowest BCUT2D eigenvalue weighted by Crippen LogP contribution is -2.48. The van der Waals surface area contributed by atoms with Crippen molar-refractivity contribution in [2.24, 2.45) is 17.6 Å². The second-order valence-electron chi connectivity index (χ2n) is 6.16. The van der Waals surface area contributed by atoms with E-state index in [2.05, 4.69) is 24.2 Å². The van der Waals surface area contributed by atoms with Crippen molar-refractivity contribution in [1.29, 1.82) is 0 Å². The fourth-order valence-electron chi connectivity index (χ4n) is 3.16. The van der Waals surface area contributed by atoms with Gasteiger partial charge in [-0.2, -0.15) is 0 Å². The summed E-state index contributed by atoms with van der Waals surface area (Å²) in [5.74, 6) is 0.691. The van der Waals surface area contributed by atoms with Crippen LogP contribution in [-0.2, 0) is 9.53 Å². The van der Waals surface area contributed by atoms with Crippen LogP contribution in [0.1, 0.15) is 26.2 Å². The number of hydrogen-bond acceptors (Lipinski definition) is 4. The molecule has 2 fully saturated rings. The predicted octanol–water partition coefficient (Wildman–Crippen LogP) is 0.197. The number of carbonyl (C=O) groups is 1. The molecule has 1 saturated heterocycles. The third kappa shape index (κ3) is 4.16. The maximum atomic E-state index is 12.2. The standard InChI is InChI=1S/C14H27N3O2/c1-10-7-11(15)3-4-13(10)14(18)16-8-12-9-17(2)5-6-19-12/h10-13H,3-9,15H2,1-2H3,(H,16,18). The third-order valence-electron chi connectivity index (χ3n) is 4.39. The number of ether oxygens (including phenoxy) is 1. The number of carbonyl (C=O) groups excluding carboxylic acids is 1. The number of nitrogens with one attached hydrogen (secondary N) is 1. The predicted molar refractivity (Wildman–Crippen MR) is 74.7 cm³/mol. The fraction of sp³-hybridized carbons (Fsp3) is 0.929. The van der Waals surface area contributed by atoms with Crippen LogP contribution in [0.25, 0.3) is 0 Å². The lowest BCUT2D eigenvalue weighted by molar-refractivity contribution is -0.128. The maximum Gasteiger partial charge on any atom is 0.223 e. The van der Waals surface area contributed by atoms with Gasteiger partial charge < -0.3 is 20.7 Å². The van der Waals surface area contributed by atoms with Crippen LogP contribution in [0, 0.1) is 11.8 Å². The van der Waals surface area contributed by atoms with Gasteiger partial charge in [-0.15, -0.1) is 0 Å². The van der Waals surface area contributed by atoms with E-state index in [0.29, 0.717) is 12.5 Å². The summed E-state index contributed by atoms with van der Waals surface area (Å²) in [6.45, 7) is 5.38. The van der Waals surface area contributed by atoms with Crippen molar-refractivity contribution in [3.05, 3.63) is 0 Å². The smallest absolute Gasteiger partial charge is 0.223 e. The van der Waals surface area contributed by atoms with Crippen molar-refractivity contribution in [3.8, 4) is 0 Å². The van der Waals surface area contributed by atoms with Crippen molar-refractivity contribution in [2.45, 2.75) is 38.3 Å². The molecular formula is C14H27N3O2. The van der Waals surface area contributed by atoms with Crippen LogP contribution < -0.4 is 11.1 Å². The van der Waals surface area contributed by atoms with E-state index in [1.54, 1.807) is 0 Å². The Bertz CT molecular complexity index is 311. The Labute approximate surface area is 115 Å². The Morgan fingerprint density at radius 1 is 1.47 bits per heavy atom. The zero-order chi connectivity index (χ0) is 13.8. The minimum atomic E-state index is 0.126. The molecule has 0 radical (unpaired) electrons. The molecule has 3 N–H and O–H groups in total. The third-order valence-corrected chi connectivity index (χ3v) is 4.39. The van der Waals surface area contributed by atoms with Crippen LogP contribution in [0.2, 0.25) is 0 Å². The Morgan fingerprint density at radius 2 is 2.26 bits per heavy atom. The summed E-state index contributed by atoms with van der Waals surface area (Å²) in [5, 5.41) is 3.06. The molecule has 1 aliphatic carbocycles. The van der Waals surface area contributed by atoms with Crippen molar-refractivity contribution in [2.75, 3.05) is 33.3 Å². The van der Waals surface area contributed by atoms with E-state index in [1.165, 1.54) is 0 Å². The molecule has 1 saturated carbocycles. The van der Waals surface area contributed by atoms with Crippen LogP contribution in [0.4, 0.5) is 0 Å². The topological polar surface area (TPSA) is 67.6 Å². The highest BCUT2D eigenvalue weighted by atomic mass is 16.5. The molecule has 1 aliphatic heterocycles. The summed E-state index contributed by atoms with van der Waals surface area (Å²) in [4.78, 5) is 14.5. The van der Waals surface area contributed by atoms with Gasteiger partial charge in [-0.3, -0.25) is 4.79 Å². The Morgan fingerprint density at radius 3 is 2.95 bits per heavy atom. The molecule has 110 valence electrons. The van der Waals surface area contributed by atoms with Crippen LogP contribution in [0.3, 0.4) is 0 Å². The molecule has 2 aliphatic rings. The van der Waals surface area contributed by atoms with E-state index in [4.69, 9.17) is 10.5 Å². The number of rotatable bonds is 3. The molecule has 4 unspecified atom stereocenters. The molecule has 0 aromatic rings. The van der Waals surface area contributed by atoms with Gasteiger partial charge in [0.1, 0.15) is 0 Å². The minimum absolute atomic E-state index is 0.126. The van der Waals surface area contributed by atoms with Crippen molar-refractivity contribution in [1.82, 2.24) is 10.2 Å². The van der Waals surface area contributed by atoms with Gasteiger partial charge in [0, 0.05) is 31.6 Å². The summed E-state index contributed by atoms with van der Waals surface area (Å²) in [5.41, 5.74) is 5.94. The van der Waals surface area contributed by atoms with Gasteiger partial charge in [0.2, 0.25) is 5.91 Å². The number of hydrogen-bond donors (Lipinski definition) is 2. The van der Waals surface area contributed by atoms with Crippen LogP contribution in [0.5, 0.6) is 0 Å². The molecule has 4 atom stereocenters. The molecule has 5 heteroatoms. The molecule has 1 heterocycles.